The zero-order valence-electron chi connectivity index (χ0n) is 64.2. The van der Waals surface area contributed by atoms with Crippen molar-refractivity contribution in [3.8, 4) is 0 Å². The van der Waals surface area contributed by atoms with E-state index in [4.69, 9.17) is 18.5 Å². The fraction of sp³-hybridized carbons (Fsp3) is 0.882. The summed E-state index contributed by atoms with van der Waals surface area (Å²) in [6, 6.07) is 0. The summed E-state index contributed by atoms with van der Waals surface area (Å²) in [5.74, 6) is -0.768. The number of likely N-dealkylation sites (N-methyl/N-ethyl adjacent to an activating group) is 1. The van der Waals surface area contributed by atoms with Gasteiger partial charge >= 0.3 is 19.8 Å². The number of quaternary nitrogens is 1. The molecule has 95 heavy (non-hydrogen) atoms. The molecule has 0 aromatic heterocycles. The van der Waals surface area contributed by atoms with Gasteiger partial charge < -0.3 is 18.9 Å². The predicted molar refractivity (Wildman–Crippen MR) is 413 cm³/mol. The summed E-state index contributed by atoms with van der Waals surface area (Å²) in [4.78, 5) is 36.0. The molecule has 0 spiro atoms. The van der Waals surface area contributed by atoms with Gasteiger partial charge in [0.2, 0.25) is 0 Å². The second kappa shape index (κ2) is 76.2. The van der Waals surface area contributed by atoms with Gasteiger partial charge in [-0.1, -0.05) is 416 Å². The number of carbonyl (C=O) groups excluding carboxylic acids is 2. The number of phosphoric acid groups is 1. The molecule has 10 heteroatoms. The Morgan fingerprint density at radius 3 is 0.895 bits per heavy atom. The third kappa shape index (κ3) is 80.8. The van der Waals surface area contributed by atoms with E-state index in [9.17, 15) is 19.0 Å². The van der Waals surface area contributed by atoms with Gasteiger partial charge in [-0.25, -0.2) is 4.57 Å². The van der Waals surface area contributed by atoms with Crippen molar-refractivity contribution in [2.24, 2.45) is 0 Å². The summed E-state index contributed by atoms with van der Waals surface area (Å²) in [7, 11) is 1.51. The molecule has 0 amide bonds. The van der Waals surface area contributed by atoms with Gasteiger partial charge in [-0.15, -0.1) is 0 Å². The molecule has 0 aliphatic heterocycles. The lowest BCUT2D eigenvalue weighted by Crippen LogP contribution is -2.37. The minimum absolute atomic E-state index is 0.0358. The summed E-state index contributed by atoms with van der Waals surface area (Å²) in [5, 5.41) is 0. The van der Waals surface area contributed by atoms with E-state index in [1.165, 1.54) is 340 Å². The molecule has 2 atom stereocenters. The van der Waals surface area contributed by atoms with E-state index in [2.05, 4.69) is 62.5 Å². The molecule has 0 rings (SSSR count). The van der Waals surface area contributed by atoms with E-state index in [0.29, 0.717) is 17.4 Å². The van der Waals surface area contributed by atoms with Crippen molar-refractivity contribution < 1.29 is 42.1 Å². The van der Waals surface area contributed by atoms with E-state index >= 15 is 0 Å². The Balaban J connectivity index is 3.86. The van der Waals surface area contributed by atoms with Crippen LogP contribution >= 0.6 is 7.82 Å². The van der Waals surface area contributed by atoms with Crippen LogP contribution in [0.4, 0.5) is 0 Å². The Labute approximate surface area is 592 Å². The average Bonchev–Trinajstić information content (AvgIpc) is 1.81. The number of allylic oxidation sites excluding steroid dienone is 8. The predicted octanol–water partition coefficient (Wildman–Crippen LogP) is 27.9. The van der Waals surface area contributed by atoms with E-state index in [0.717, 1.165) is 64.2 Å². The number of nitrogens with zero attached hydrogens (tertiary/aromatic N) is 1. The molecule has 0 aliphatic rings. The van der Waals surface area contributed by atoms with E-state index in [-0.39, 0.29) is 25.6 Å². The second-order valence-electron chi connectivity index (χ2n) is 29.8. The molecule has 1 N–H and O–H groups in total. The first kappa shape index (κ1) is 93.0. The summed E-state index contributed by atoms with van der Waals surface area (Å²) in [6.45, 7) is 4.41. The Kier molecular flexibility index (Phi) is 74.5. The van der Waals surface area contributed by atoms with Crippen molar-refractivity contribution in [1.82, 2.24) is 0 Å². The maximum atomic E-state index is 12.9. The maximum Gasteiger partial charge on any atom is 0.472 e. The summed E-state index contributed by atoms with van der Waals surface area (Å²) < 4.78 is 34.9. The van der Waals surface area contributed by atoms with Crippen molar-refractivity contribution in [2.75, 3.05) is 47.5 Å². The van der Waals surface area contributed by atoms with Crippen LogP contribution in [-0.4, -0.2) is 74.9 Å². The molecule has 0 radical (unpaired) electrons. The van der Waals surface area contributed by atoms with Crippen LogP contribution in [0.2, 0.25) is 0 Å². The van der Waals surface area contributed by atoms with Crippen molar-refractivity contribution in [2.45, 2.75) is 437 Å². The standard InChI is InChI=1S/C85H162NO8P/c1-6-8-10-12-14-16-18-20-22-24-26-28-30-32-34-36-38-39-40-41-42-43-44-45-46-47-48-50-52-54-56-58-60-62-64-66-68-70-72-74-76-78-85(88)94-83(82-93-95(89,90)92-80-79-86(3,4)5)81-91-84(87)77-75-73-71-69-67-65-63-61-59-57-55-53-51-49-37-35-33-31-29-27-25-23-21-19-17-15-13-11-9-7-2/h8,10,14,16,20,22,26,28,83H,6-7,9,11-13,15,17-19,21,23-25,27,29-82H2,1-5H3/p+1/b10-8-,16-14-,22-20-,28-26-. The maximum absolute atomic E-state index is 12.9. The van der Waals surface area contributed by atoms with E-state index in [1.54, 1.807) is 0 Å². The van der Waals surface area contributed by atoms with Crippen molar-refractivity contribution >= 4 is 19.8 Å². The monoisotopic (exact) mass is 1360 g/mol. The molecule has 0 bridgehead atoms. The first-order chi connectivity index (χ1) is 46.5. The number of carbonyl (C=O) groups is 2. The highest BCUT2D eigenvalue weighted by atomic mass is 31.2. The van der Waals surface area contributed by atoms with Gasteiger partial charge in [0.05, 0.1) is 27.7 Å². The normalized spacial score (nSPS) is 13.2. The zero-order valence-corrected chi connectivity index (χ0v) is 65.1. The van der Waals surface area contributed by atoms with Crippen LogP contribution in [0.3, 0.4) is 0 Å². The smallest absolute Gasteiger partial charge is 0.462 e. The van der Waals surface area contributed by atoms with Gasteiger partial charge in [0, 0.05) is 12.8 Å². The first-order valence-electron chi connectivity index (χ1n) is 41.9. The number of hydrogen-bond acceptors (Lipinski definition) is 7. The minimum Gasteiger partial charge on any atom is -0.462 e. The Bertz CT molecular complexity index is 1740. The number of ether oxygens (including phenoxy) is 2. The molecule has 0 saturated carbocycles. The van der Waals surface area contributed by atoms with Gasteiger partial charge in [0.15, 0.2) is 6.10 Å². The zero-order chi connectivity index (χ0) is 69.0. The van der Waals surface area contributed by atoms with Crippen molar-refractivity contribution in [1.29, 1.82) is 0 Å². The van der Waals surface area contributed by atoms with Crippen molar-refractivity contribution in [3.63, 3.8) is 0 Å². The number of rotatable bonds is 79. The number of phosphoric ester groups is 1. The summed E-state index contributed by atoms with van der Waals surface area (Å²) >= 11 is 0. The summed E-state index contributed by atoms with van der Waals surface area (Å²) in [5.41, 5.74) is 0. The quantitative estimate of drug-likeness (QED) is 0.0211. The largest absolute Gasteiger partial charge is 0.472 e. The number of hydrogen-bond donors (Lipinski definition) is 1. The SMILES string of the molecule is CC/C=C\C/C=C\C/C=C\C/C=C\CCCCCCCCCCCCCCCCCCCCCCCCCCCCCCC(=O)OC(COC(=O)CCCCCCCCCCCCCCCCCCCCCCCCCCCCCCCC)COP(=O)(O)OCC[N+](C)(C)C. The molecule has 0 aromatic rings. The molecule has 0 fully saturated rings. The Hall–Kier alpha value is -2.03. The average molecular weight is 1360 g/mol. The Morgan fingerprint density at radius 1 is 0.337 bits per heavy atom. The van der Waals surface area contributed by atoms with Gasteiger partial charge in [-0.3, -0.25) is 18.6 Å². The van der Waals surface area contributed by atoms with Crippen LogP contribution in [0.1, 0.15) is 431 Å². The van der Waals surface area contributed by atoms with Crippen LogP contribution in [0.15, 0.2) is 48.6 Å². The molecular weight excluding hydrogens is 1190 g/mol. The highest BCUT2D eigenvalue weighted by Gasteiger charge is 2.27. The highest BCUT2D eigenvalue weighted by molar-refractivity contribution is 7.47. The molecule has 0 aromatic carbocycles. The van der Waals surface area contributed by atoms with Gasteiger partial charge in [-0.05, 0) is 51.4 Å². The van der Waals surface area contributed by atoms with E-state index in [1.807, 2.05) is 21.1 Å². The first-order valence-corrected chi connectivity index (χ1v) is 43.4. The summed E-state index contributed by atoms with van der Waals surface area (Å²) in [6.07, 6.45) is 101. The molecule has 560 valence electrons. The van der Waals surface area contributed by atoms with Crippen LogP contribution in [-0.2, 0) is 32.7 Å². The molecule has 0 saturated heterocycles. The van der Waals surface area contributed by atoms with Gasteiger partial charge in [-0.2, -0.15) is 0 Å². The Morgan fingerprint density at radius 2 is 0.600 bits per heavy atom. The topological polar surface area (TPSA) is 108 Å². The highest BCUT2D eigenvalue weighted by Crippen LogP contribution is 2.43. The van der Waals surface area contributed by atoms with Crippen LogP contribution in [0, 0.1) is 0 Å². The van der Waals surface area contributed by atoms with Crippen LogP contribution in [0.25, 0.3) is 0 Å². The fourth-order valence-corrected chi connectivity index (χ4v) is 13.5. The van der Waals surface area contributed by atoms with Crippen LogP contribution < -0.4 is 0 Å². The third-order valence-corrected chi connectivity index (χ3v) is 20.1. The van der Waals surface area contributed by atoms with Crippen molar-refractivity contribution in [3.05, 3.63) is 48.6 Å². The lowest BCUT2D eigenvalue weighted by atomic mass is 10.0. The van der Waals surface area contributed by atoms with Crippen LogP contribution in [0.5, 0.6) is 0 Å². The van der Waals surface area contributed by atoms with Gasteiger partial charge in [0.1, 0.15) is 19.8 Å². The second-order valence-corrected chi connectivity index (χ2v) is 31.3. The van der Waals surface area contributed by atoms with Gasteiger partial charge in [0.25, 0.3) is 0 Å². The molecule has 0 aliphatic carbocycles. The molecular formula is C85H163NO8P+. The number of esters is 2. The number of unbranched alkanes of at least 4 members (excludes halogenated alkanes) is 57. The minimum atomic E-state index is -4.39. The molecule has 2 unspecified atom stereocenters. The fourth-order valence-electron chi connectivity index (χ4n) is 12.8. The van der Waals surface area contributed by atoms with E-state index < -0.39 is 26.5 Å². The lowest BCUT2D eigenvalue weighted by Gasteiger charge is -2.24. The third-order valence-electron chi connectivity index (χ3n) is 19.1. The lowest BCUT2D eigenvalue weighted by molar-refractivity contribution is -0.870. The molecule has 9 nitrogen and oxygen atoms in total. The molecule has 0 heterocycles.